The van der Waals surface area contributed by atoms with E-state index in [9.17, 15) is 23.1 Å². The maximum atomic E-state index is 12.8. The van der Waals surface area contributed by atoms with E-state index in [1.807, 2.05) is 6.92 Å². The molecule has 1 fully saturated rings. The Bertz CT molecular complexity index is 876. The molecule has 11 nitrogen and oxygen atoms in total. The summed E-state index contributed by atoms with van der Waals surface area (Å²) >= 11 is 0. The third-order valence-electron chi connectivity index (χ3n) is 5.04. The van der Waals surface area contributed by atoms with Gasteiger partial charge in [0.1, 0.15) is 6.04 Å². The predicted octanol–water partition coefficient (Wildman–Crippen LogP) is -0.806. The number of rotatable bonds is 9. The zero-order valence-electron chi connectivity index (χ0n) is 17.5. The number of nitrogens with zero attached hydrogens (tertiary/aromatic N) is 2. The summed E-state index contributed by atoms with van der Waals surface area (Å²) in [5, 5.41) is 11.9. The highest BCUT2D eigenvalue weighted by Crippen LogP contribution is 2.24. The number of carbonyl (C=O) groups is 2. The minimum Gasteiger partial charge on any atom is -0.480 e. The van der Waals surface area contributed by atoms with Gasteiger partial charge in [0.2, 0.25) is 15.9 Å². The summed E-state index contributed by atoms with van der Waals surface area (Å²) in [5.41, 5.74) is 11.4. The number of sulfonamides is 1. The van der Waals surface area contributed by atoms with Gasteiger partial charge in [-0.2, -0.15) is 4.31 Å². The van der Waals surface area contributed by atoms with E-state index in [0.29, 0.717) is 19.3 Å². The molecule has 31 heavy (non-hydrogen) atoms. The van der Waals surface area contributed by atoms with Crippen molar-refractivity contribution >= 4 is 27.9 Å². The lowest BCUT2D eigenvalue weighted by molar-refractivity contribution is -0.142. The molecule has 1 aliphatic rings. The van der Waals surface area contributed by atoms with Gasteiger partial charge in [-0.05, 0) is 44.7 Å². The highest BCUT2D eigenvalue weighted by atomic mass is 32.2. The van der Waals surface area contributed by atoms with Crippen LogP contribution in [0.4, 0.5) is 0 Å². The summed E-state index contributed by atoms with van der Waals surface area (Å²) in [7, 11) is -3.61. The van der Waals surface area contributed by atoms with Gasteiger partial charge in [0.25, 0.3) is 0 Å². The molecule has 2 rings (SSSR count). The molecular formula is C19H31N5O6S. The first-order valence-electron chi connectivity index (χ1n) is 9.76. The number of hydrogen-bond donors (Lipinski definition) is 4. The molecule has 1 aromatic rings. The van der Waals surface area contributed by atoms with Crippen LogP contribution in [-0.4, -0.2) is 66.8 Å². The number of carbonyl (C=O) groups excluding carboxylic acids is 1. The van der Waals surface area contributed by atoms with Gasteiger partial charge in [0.05, 0.1) is 4.90 Å². The van der Waals surface area contributed by atoms with Crippen molar-refractivity contribution in [1.29, 1.82) is 0 Å². The molecule has 0 aromatic heterocycles. The van der Waals surface area contributed by atoms with Crippen LogP contribution in [0.2, 0.25) is 0 Å². The summed E-state index contributed by atoms with van der Waals surface area (Å²) in [6, 6.07) is 5.59. The molecule has 1 aromatic carbocycles. The van der Waals surface area contributed by atoms with Gasteiger partial charge in [-0.25, -0.2) is 13.2 Å². The largest absolute Gasteiger partial charge is 0.480 e. The second kappa shape index (κ2) is 11.6. The first-order valence-corrected chi connectivity index (χ1v) is 11.2. The van der Waals surface area contributed by atoms with Gasteiger partial charge in [-0.1, -0.05) is 17.7 Å². The Morgan fingerprint density at radius 1 is 1.23 bits per heavy atom. The molecule has 8 N–H and O–H groups in total. The van der Waals surface area contributed by atoms with E-state index in [1.165, 1.54) is 4.31 Å². The number of benzene rings is 1. The molecule has 1 amide bonds. The zero-order valence-corrected chi connectivity index (χ0v) is 18.3. The van der Waals surface area contributed by atoms with Gasteiger partial charge in [0.15, 0.2) is 5.96 Å². The van der Waals surface area contributed by atoms with E-state index in [1.54, 1.807) is 24.3 Å². The van der Waals surface area contributed by atoms with E-state index in [0.717, 1.165) is 5.56 Å². The van der Waals surface area contributed by atoms with E-state index in [2.05, 4.69) is 10.3 Å². The number of aliphatic imine (C=N–C) groups is 1. The number of aryl methyl sites for hydroxylation is 1. The Labute approximate surface area is 181 Å². The Hall–Kier alpha value is -2.70. The number of hydrogen-bond acceptors (Lipinski definition) is 5. The van der Waals surface area contributed by atoms with Crippen LogP contribution in [-0.2, 0) is 19.6 Å². The lowest BCUT2D eigenvalue weighted by Crippen LogP contribution is -2.47. The van der Waals surface area contributed by atoms with E-state index >= 15 is 0 Å². The van der Waals surface area contributed by atoms with Crippen molar-refractivity contribution in [3.63, 3.8) is 0 Å². The summed E-state index contributed by atoms with van der Waals surface area (Å²) in [4.78, 5) is 27.9. The maximum absolute atomic E-state index is 12.8. The number of nitrogens with one attached hydrogen (secondary N) is 1. The minimum atomic E-state index is -3.61. The van der Waals surface area contributed by atoms with Crippen LogP contribution < -0.4 is 16.8 Å². The summed E-state index contributed by atoms with van der Waals surface area (Å²) in [5.74, 6) is -2.02. The van der Waals surface area contributed by atoms with Crippen LogP contribution in [0, 0.1) is 12.8 Å². The quantitative estimate of drug-likeness (QED) is 0.211. The number of carboxylic acids is 1. The van der Waals surface area contributed by atoms with Crippen LogP contribution in [0.5, 0.6) is 0 Å². The molecule has 174 valence electrons. The van der Waals surface area contributed by atoms with Crippen LogP contribution >= 0.6 is 0 Å². The number of piperidine rings is 1. The highest BCUT2D eigenvalue weighted by Gasteiger charge is 2.33. The SMILES string of the molecule is Cc1ccc(S(=O)(=O)N2CCC(C(=O)N[C@@H](CCCN=C(N)N)C(=O)O)CC2)cc1.O. The van der Waals surface area contributed by atoms with E-state index < -0.39 is 28.0 Å². The lowest BCUT2D eigenvalue weighted by atomic mass is 9.96. The average Bonchev–Trinajstić information content (AvgIpc) is 2.70. The van der Waals surface area contributed by atoms with Gasteiger partial charge in [-0.15, -0.1) is 0 Å². The Morgan fingerprint density at radius 3 is 2.32 bits per heavy atom. The fourth-order valence-electron chi connectivity index (χ4n) is 3.27. The van der Waals surface area contributed by atoms with Crippen molar-refractivity contribution in [2.45, 2.75) is 43.5 Å². The standard InChI is InChI=1S/C19H29N5O5S.H2O/c1-13-4-6-15(7-5-13)30(28,29)24-11-8-14(9-12-24)17(25)23-16(18(26)27)3-2-10-22-19(20)21;/h4-7,14,16H,2-3,8-12H2,1H3,(H,23,25)(H,26,27)(H4,20,21,22);1H2/t16-;/m0./s1. The molecule has 12 heteroatoms. The maximum Gasteiger partial charge on any atom is 0.326 e. The summed E-state index contributed by atoms with van der Waals surface area (Å²) in [6.07, 6.45) is 1.26. The van der Waals surface area contributed by atoms with Gasteiger partial charge < -0.3 is 27.4 Å². The third-order valence-corrected chi connectivity index (χ3v) is 6.96. The topological polar surface area (TPSA) is 200 Å². The van der Waals surface area contributed by atoms with Crippen LogP contribution in [0.25, 0.3) is 0 Å². The number of nitrogens with two attached hydrogens (primary N) is 2. The second-order valence-corrected chi connectivity index (χ2v) is 9.28. The van der Waals surface area contributed by atoms with Crippen LogP contribution in [0.15, 0.2) is 34.2 Å². The Morgan fingerprint density at radius 2 is 1.81 bits per heavy atom. The van der Waals surface area contributed by atoms with Crippen LogP contribution in [0.3, 0.4) is 0 Å². The minimum absolute atomic E-state index is 0. The molecular weight excluding hydrogens is 426 g/mol. The van der Waals surface area contributed by atoms with Gasteiger partial charge in [0, 0.05) is 25.6 Å². The fraction of sp³-hybridized carbons (Fsp3) is 0.526. The molecule has 0 aliphatic carbocycles. The zero-order chi connectivity index (χ0) is 22.3. The van der Waals surface area contributed by atoms with Crippen molar-refractivity contribution in [1.82, 2.24) is 9.62 Å². The molecule has 1 aliphatic heterocycles. The molecule has 1 heterocycles. The van der Waals surface area contributed by atoms with Crippen molar-refractivity contribution in [2.75, 3.05) is 19.6 Å². The molecule has 1 saturated heterocycles. The van der Waals surface area contributed by atoms with Gasteiger partial charge >= 0.3 is 5.97 Å². The van der Waals surface area contributed by atoms with Crippen molar-refractivity contribution in [3.05, 3.63) is 29.8 Å². The number of amides is 1. The highest BCUT2D eigenvalue weighted by molar-refractivity contribution is 7.89. The number of aliphatic carboxylic acids is 1. The van der Waals surface area contributed by atoms with Crippen molar-refractivity contribution < 1.29 is 28.6 Å². The first-order chi connectivity index (χ1) is 14.1. The number of guanidine groups is 1. The lowest BCUT2D eigenvalue weighted by Gasteiger charge is -2.31. The third kappa shape index (κ3) is 7.49. The smallest absolute Gasteiger partial charge is 0.326 e. The predicted molar refractivity (Wildman–Crippen MR) is 116 cm³/mol. The normalized spacial score (nSPS) is 16.0. The summed E-state index contributed by atoms with van der Waals surface area (Å²) < 4.78 is 26.9. The molecule has 0 saturated carbocycles. The van der Waals surface area contributed by atoms with E-state index in [-0.39, 0.29) is 48.3 Å². The number of carboxylic acid groups (broad SMARTS) is 1. The van der Waals surface area contributed by atoms with Gasteiger partial charge in [-0.3, -0.25) is 9.79 Å². The summed E-state index contributed by atoms with van der Waals surface area (Å²) in [6.45, 7) is 2.57. The monoisotopic (exact) mass is 457 g/mol. The van der Waals surface area contributed by atoms with Crippen LogP contribution in [0.1, 0.15) is 31.2 Å². The second-order valence-electron chi connectivity index (χ2n) is 7.34. The van der Waals surface area contributed by atoms with E-state index in [4.69, 9.17) is 11.5 Å². The molecule has 0 spiro atoms. The Balaban J connectivity index is 0.00000480. The molecule has 0 radical (unpaired) electrons. The molecule has 0 unspecified atom stereocenters. The van der Waals surface area contributed by atoms with Crippen molar-refractivity contribution in [3.8, 4) is 0 Å². The molecule has 1 atom stereocenters. The first kappa shape index (κ1) is 26.3. The average molecular weight is 458 g/mol. The molecule has 0 bridgehead atoms. The van der Waals surface area contributed by atoms with Crippen molar-refractivity contribution in [2.24, 2.45) is 22.4 Å². The fourth-order valence-corrected chi connectivity index (χ4v) is 4.74. The Kier molecular flexibility index (Phi) is 9.88.